The van der Waals surface area contributed by atoms with Gasteiger partial charge in [-0.15, -0.1) is 13.2 Å². The van der Waals surface area contributed by atoms with Gasteiger partial charge < -0.3 is 4.74 Å². The second-order valence-electron chi connectivity index (χ2n) is 1.64. The first-order valence-corrected chi connectivity index (χ1v) is 3.13. The first-order chi connectivity index (χ1) is 4.50. The van der Waals surface area contributed by atoms with E-state index in [1.807, 2.05) is 0 Å². The average Bonchev–Trinajstić information content (AvgIpc) is 2.11. The molecule has 1 rings (SSSR count). The van der Waals surface area contributed by atoms with Crippen LogP contribution in [-0.2, 0) is 4.74 Å². The molecule has 0 spiro atoms. The van der Waals surface area contributed by atoms with Gasteiger partial charge in [0.15, 0.2) is 11.4 Å². The number of halogens is 4. The molecule has 0 N–H and O–H groups in total. The van der Waals surface area contributed by atoms with E-state index in [4.69, 9.17) is 0 Å². The lowest BCUT2D eigenvalue weighted by molar-refractivity contribution is -0.236. The zero-order chi connectivity index (χ0) is 7.78. The minimum absolute atomic E-state index is 0.102. The van der Waals surface area contributed by atoms with E-state index in [-0.39, 0.29) is 9.57 Å². The van der Waals surface area contributed by atoms with Gasteiger partial charge in [0.2, 0.25) is 0 Å². The van der Waals surface area contributed by atoms with Crippen LogP contribution in [-0.4, -0.2) is 17.9 Å². The summed E-state index contributed by atoms with van der Waals surface area (Å²) in [6, 6.07) is 0. The van der Waals surface area contributed by atoms with Crippen LogP contribution < -0.4 is 0 Å². The summed E-state index contributed by atoms with van der Waals surface area (Å²) in [5, 5.41) is 0. The van der Waals surface area contributed by atoms with Crippen molar-refractivity contribution in [3.05, 3.63) is 10.9 Å². The van der Waals surface area contributed by atoms with E-state index in [0.29, 0.717) is 0 Å². The lowest BCUT2D eigenvalue weighted by atomic mass is 10.8. The quantitative estimate of drug-likeness (QED) is 0.576. The van der Waals surface area contributed by atoms with Crippen LogP contribution in [0.2, 0.25) is 0 Å². The van der Waals surface area contributed by atoms with E-state index in [1.54, 1.807) is 0 Å². The Bertz CT molecular complexity index is 166. The Balaban J connectivity index is 2.61. The molecule has 0 aromatic carbocycles. The minimum Gasteiger partial charge on any atom is -0.465 e. The largest absolute Gasteiger partial charge is 0.487 e. The molecule has 0 saturated heterocycles. The van der Waals surface area contributed by atoms with Gasteiger partial charge in [0.05, 0.1) is 6.20 Å². The normalized spacial score (nSPS) is 18.8. The molecule has 58 valence electrons. The van der Waals surface area contributed by atoms with E-state index in [9.17, 15) is 13.2 Å². The van der Waals surface area contributed by atoms with Crippen molar-refractivity contribution < 1.29 is 17.9 Å². The third-order valence-corrected chi connectivity index (χ3v) is 1.36. The van der Waals surface area contributed by atoms with Gasteiger partial charge in [-0.05, 0) is 15.9 Å². The van der Waals surface area contributed by atoms with Gasteiger partial charge in [0, 0.05) is 0 Å². The molecule has 0 amide bonds. The third kappa shape index (κ3) is 1.56. The number of alkyl halides is 3. The van der Waals surface area contributed by atoms with Crippen LogP contribution in [0.5, 0.6) is 0 Å². The van der Waals surface area contributed by atoms with Crippen LogP contribution in [0.25, 0.3) is 0 Å². The van der Waals surface area contributed by atoms with Crippen molar-refractivity contribution in [2.75, 3.05) is 6.73 Å². The zero-order valence-corrected chi connectivity index (χ0v) is 6.24. The van der Waals surface area contributed by atoms with Crippen molar-refractivity contribution in [2.24, 2.45) is 0 Å². The van der Waals surface area contributed by atoms with Gasteiger partial charge in [0.1, 0.15) is 0 Å². The molecule has 0 atom stereocenters. The molecule has 1 aliphatic heterocycles. The highest BCUT2D eigenvalue weighted by atomic mass is 79.9. The molecule has 6 heteroatoms. The van der Waals surface area contributed by atoms with Gasteiger partial charge >= 0.3 is 6.30 Å². The third-order valence-electron chi connectivity index (χ3n) is 0.925. The van der Waals surface area contributed by atoms with Crippen molar-refractivity contribution in [3.63, 3.8) is 0 Å². The molecule has 1 aliphatic rings. The number of ether oxygens (including phenoxy) is 1. The summed E-state index contributed by atoms with van der Waals surface area (Å²) in [6.45, 7) is -0.468. The van der Waals surface area contributed by atoms with Gasteiger partial charge in [-0.25, -0.2) is 0 Å². The van der Waals surface area contributed by atoms with E-state index in [0.717, 1.165) is 6.20 Å². The maximum absolute atomic E-state index is 11.7. The maximum atomic E-state index is 11.7. The highest BCUT2D eigenvalue weighted by Gasteiger charge is 2.38. The zero-order valence-electron chi connectivity index (χ0n) is 4.65. The van der Waals surface area contributed by atoms with E-state index in [2.05, 4.69) is 20.7 Å². The topological polar surface area (TPSA) is 12.5 Å². The van der Waals surface area contributed by atoms with E-state index >= 15 is 0 Å². The Labute approximate surface area is 63.4 Å². The number of rotatable bonds is 0. The molecule has 0 radical (unpaired) electrons. The van der Waals surface area contributed by atoms with Gasteiger partial charge in [0.25, 0.3) is 0 Å². The Hall–Kier alpha value is -0.390. The summed E-state index contributed by atoms with van der Waals surface area (Å²) >= 11 is 2.77. The molecular weight excluding hydrogens is 215 g/mol. The van der Waals surface area contributed by atoms with Gasteiger partial charge in [-0.3, -0.25) is 4.90 Å². The van der Waals surface area contributed by atoms with Crippen molar-refractivity contribution in [3.8, 4) is 0 Å². The van der Waals surface area contributed by atoms with Crippen LogP contribution in [0.4, 0.5) is 13.2 Å². The number of hydrogen-bond acceptors (Lipinski definition) is 2. The van der Waals surface area contributed by atoms with Crippen molar-refractivity contribution in [1.82, 2.24) is 4.90 Å². The lowest BCUT2D eigenvalue weighted by Gasteiger charge is -2.15. The molecule has 2 nitrogen and oxygen atoms in total. The van der Waals surface area contributed by atoms with Crippen molar-refractivity contribution in [1.29, 1.82) is 0 Å². The fourth-order valence-electron chi connectivity index (χ4n) is 0.475. The van der Waals surface area contributed by atoms with E-state index in [1.165, 1.54) is 0 Å². The summed E-state index contributed by atoms with van der Waals surface area (Å²) in [7, 11) is 0. The summed E-state index contributed by atoms with van der Waals surface area (Å²) in [5.74, 6) is 0. The molecule has 0 unspecified atom stereocenters. The number of hydrogen-bond donors (Lipinski definition) is 0. The highest BCUT2D eigenvalue weighted by Crippen LogP contribution is 2.27. The van der Waals surface area contributed by atoms with Crippen LogP contribution in [0.15, 0.2) is 10.9 Å². The van der Waals surface area contributed by atoms with E-state index < -0.39 is 13.0 Å². The van der Waals surface area contributed by atoms with Crippen LogP contribution in [0.3, 0.4) is 0 Å². The monoisotopic (exact) mass is 217 g/mol. The summed E-state index contributed by atoms with van der Waals surface area (Å²) in [5.41, 5.74) is 0. The molecule has 0 saturated carbocycles. The summed E-state index contributed by atoms with van der Waals surface area (Å²) in [6.07, 6.45) is -3.49. The fraction of sp³-hybridized carbons (Fsp3) is 0.500. The molecule has 0 aliphatic carbocycles. The summed E-state index contributed by atoms with van der Waals surface area (Å²) in [4.78, 5) is 0.136. The average molecular weight is 218 g/mol. The lowest BCUT2D eigenvalue weighted by Crippen LogP contribution is -2.31. The molecule has 0 bridgehead atoms. The molecular formula is C4H3BrF3NO. The standard InChI is InChI=1S/C4H3BrF3NO/c5-3-1-9(2-10-3)4(6,7)8/h1H,2H2. The first kappa shape index (κ1) is 7.71. The predicted molar refractivity (Wildman–Crippen MR) is 30.9 cm³/mol. The fourth-order valence-corrected chi connectivity index (χ4v) is 0.824. The van der Waals surface area contributed by atoms with Gasteiger partial charge in [-0.2, -0.15) is 0 Å². The molecule has 1 heterocycles. The smallest absolute Gasteiger partial charge is 0.465 e. The SMILES string of the molecule is FC(F)(F)N1C=C(Br)OC1. The van der Waals surface area contributed by atoms with Crippen LogP contribution >= 0.6 is 15.9 Å². The Morgan fingerprint density at radius 3 is 2.40 bits per heavy atom. The Kier molecular flexibility index (Phi) is 1.80. The van der Waals surface area contributed by atoms with Crippen LogP contribution in [0, 0.1) is 0 Å². The van der Waals surface area contributed by atoms with Gasteiger partial charge in [-0.1, -0.05) is 0 Å². The predicted octanol–water partition coefficient (Wildman–Crippen LogP) is 1.99. The molecule has 10 heavy (non-hydrogen) atoms. The Morgan fingerprint density at radius 2 is 2.20 bits per heavy atom. The maximum Gasteiger partial charge on any atom is 0.487 e. The van der Waals surface area contributed by atoms with Crippen LogP contribution in [0.1, 0.15) is 0 Å². The first-order valence-electron chi connectivity index (χ1n) is 2.34. The second kappa shape index (κ2) is 2.34. The highest BCUT2D eigenvalue weighted by molar-refractivity contribution is 9.11. The second-order valence-corrected chi connectivity index (χ2v) is 2.43. The Morgan fingerprint density at radius 1 is 1.60 bits per heavy atom. The van der Waals surface area contributed by atoms with Crippen molar-refractivity contribution >= 4 is 15.9 Å². The van der Waals surface area contributed by atoms with Crippen molar-refractivity contribution in [2.45, 2.75) is 6.30 Å². The molecule has 0 aromatic heterocycles. The number of nitrogens with zero attached hydrogens (tertiary/aromatic N) is 1. The molecule has 0 fully saturated rings. The summed E-state index contributed by atoms with van der Waals surface area (Å²) < 4.78 is 39.7. The minimum atomic E-state index is -4.34. The molecule has 0 aromatic rings.